The van der Waals surface area contributed by atoms with E-state index in [1.165, 1.54) is 12.8 Å². The summed E-state index contributed by atoms with van der Waals surface area (Å²) in [6, 6.07) is 0. The van der Waals surface area contributed by atoms with E-state index in [0.29, 0.717) is 5.95 Å². The number of piperidine rings is 1. The van der Waals surface area contributed by atoms with Gasteiger partial charge < -0.3 is 20.2 Å². The van der Waals surface area contributed by atoms with Crippen molar-refractivity contribution in [1.82, 2.24) is 15.0 Å². The van der Waals surface area contributed by atoms with Crippen molar-refractivity contribution in [1.29, 1.82) is 0 Å². The van der Waals surface area contributed by atoms with E-state index in [0.717, 1.165) is 44.5 Å². The highest BCUT2D eigenvalue weighted by Gasteiger charge is 2.27. The zero-order valence-electron chi connectivity index (χ0n) is 12.8. The van der Waals surface area contributed by atoms with Crippen LogP contribution in [-0.4, -0.2) is 59.4 Å². The molecule has 7 heteroatoms. The van der Waals surface area contributed by atoms with Crippen molar-refractivity contribution in [3.8, 4) is 0 Å². The summed E-state index contributed by atoms with van der Waals surface area (Å²) in [5, 5.41) is 12.9. The number of aliphatic hydroxyl groups is 1. The van der Waals surface area contributed by atoms with Gasteiger partial charge in [-0.3, -0.25) is 0 Å². The van der Waals surface area contributed by atoms with Crippen LogP contribution in [0.1, 0.15) is 26.2 Å². The molecule has 2 fully saturated rings. The number of hydrogen-bond acceptors (Lipinski definition) is 7. The molecule has 1 aromatic heterocycles. The Balaban J connectivity index is 1.85. The first-order valence-corrected chi connectivity index (χ1v) is 7.79. The van der Waals surface area contributed by atoms with Gasteiger partial charge in [-0.2, -0.15) is 15.0 Å². The standard InChI is InChI=1S/C14H24N6O/c1-10-9-20(8-5-11(10)21)14-17-12(15-2)16-13(18-14)19-6-3-4-7-19/h10-11,21H,3-9H2,1-2H3,(H,15,16,17,18). The highest BCUT2D eigenvalue weighted by atomic mass is 16.3. The molecule has 2 saturated heterocycles. The first-order chi connectivity index (χ1) is 10.2. The molecule has 116 valence electrons. The van der Waals surface area contributed by atoms with Crippen LogP contribution < -0.4 is 15.1 Å². The van der Waals surface area contributed by atoms with Crippen molar-refractivity contribution >= 4 is 17.8 Å². The minimum absolute atomic E-state index is 0.218. The van der Waals surface area contributed by atoms with Gasteiger partial charge in [0.25, 0.3) is 0 Å². The normalized spacial score (nSPS) is 26.2. The average Bonchev–Trinajstić information content (AvgIpc) is 3.04. The topological polar surface area (TPSA) is 77.4 Å². The Morgan fingerprint density at radius 1 is 1.05 bits per heavy atom. The molecular formula is C14H24N6O. The van der Waals surface area contributed by atoms with Crippen LogP contribution in [0, 0.1) is 5.92 Å². The van der Waals surface area contributed by atoms with E-state index in [9.17, 15) is 5.11 Å². The van der Waals surface area contributed by atoms with Gasteiger partial charge in [0, 0.05) is 33.2 Å². The van der Waals surface area contributed by atoms with Crippen LogP contribution in [0.2, 0.25) is 0 Å². The summed E-state index contributed by atoms with van der Waals surface area (Å²) in [5.41, 5.74) is 0. The third kappa shape index (κ3) is 3.02. The molecule has 2 aliphatic heterocycles. The van der Waals surface area contributed by atoms with Crippen LogP contribution in [0.3, 0.4) is 0 Å². The lowest BCUT2D eigenvalue weighted by Gasteiger charge is -2.34. The molecule has 2 unspecified atom stereocenters. The Morgan fingerprint density at radius 3 is 2.33 bits per heavy atom. The van der Waals surface area contributed by atoms with Gasteiger partial charge in [0.05, 0.1) is 6.10 Å². The second kappa shape index (κ2) is 6.01. The van der Waals surface area contributed by atoms with Crippen LogP contribution in [0.15, 0.2) is 0 Å². The van der Waals surface area contributed by atoms with Crippen molar-refractivity contribution in [2.45, 2.75) is 32.3 Å². The zero-order chi connectivity index (χ0) is 14.8. The van der Waals surface area contributed by atoms with Gasteiger partial charge >= 0.3 is 0 Å². The Labute approximate surface area is 125 Å². The van der Waals surface area contributed by atoms with E-state index in [1.54, 1.807) is 0 Å². The minimum atomic E-state index is -0.218. The van der Waals surface area contributed by atoms with Gasteiger partial charge in [0.2, 0.25) is 17.8 Å². The van der Waals surface area contributed by atoms with Crippen LogP contribution in [0.5, 0.6) is 0 Å². The van der Waals surface area contributed by atoms with E-state index < -0.39 is 0 Å². The molecule has 0 aromatic carbocycles. The second-order valence-electron chi connectivity index (χ2n) is 5.98. The van der Waals surface area contributed by atoms with E-state index in [-0.39, 0.29) is 12.0 Å². The quantitative estimate of drug-likeness (QED) is 0.850. The first-order valence-electron chi connectivity index (χ1n) is 7.79. The van der Waals surface area contributed by atoms with E-state index >= 15 is 0 Å². The SMILES string of the molecule is CNc1nc(N2CCCC2)nc(N2CCC(O)C(C)C2)n1. The molecule has 0 saturated carbocycles. The zero-order valence-corrected chi connectivity index (χ0v) is 12.8. The Kier molecular flexibility index (Phi) is 4.10. The maximum atomic E-state index is 9.87. The second-order valence-corrected chi connectivity index (χ2v) is 5.98. The van der Waals surface area contributed by atoms with Crippen molar-refractivity contribution in [2.75, 3.05) is 48.3 Å². The third-order valence-corrected chi connectivity index (χ3v) is 4.37. The third-order valence-electron chi connectivity index (χ3n) is 4.37. The highest BCUT2D eigenvalue weighted by molar-refractivity contribution is 5.45. The predicted molar refractivity (Wildman–Crippen MR) is 82.8 cm³/mol. The maximum Gasteiger partial charge on any atom is 0.231 e. The number of aliphatic hydroxyl groups excluding tert-OH is 1. The summed E-state index contributed by atoms with van der Waals surface area (Å²) in [5.74, 6) is 2.33. The summed E-state index contributed by atoms with van der Waals surface area (Å²) in [6.07, 6.45) is 2.94. The van der Waals surface area contributed by atoms with Gasteiger partial charge in [0.15, 0.2) is 0 Å². The molecule has 2 N–H and O–H groups in total. The molecule has 0 spiro atoms. The molecule has 7 nitrogen and oxygen atoms in total. The lowest BCUT2D eigenvalue weighted by Crippen LogP contribution is -2.43. The first kappa shape index (κ1) is 14.3. The smallest absolute Gasteiger partial charge is 0.231 e. The van der Waals surface area contributed by atoms with Gasteiger partial charge in [-0.1, -0.05) is 6.92 Å². The van der Waals surface area contributed by atoms with Crippen LogP contribution in [0.4, 0.5) is 17.8 Å². The maximum absolute atomic E-state index is 9.87. The van der Waals surface area contributed by atoms with Crippen molar-refractivity contribution < 1.29 is 5.11 Å². The van der Waals surface area contributed by atoms with Gasteiger partial charge in [-0.05, 0) is 25.2 Å². The number of nitrogens with one attached hydrogen (secondary N) is 1. The number of anilines is 3. The van der Waals surface area contributed by atoms with Crippen molar-refractivity contribution in [3.05, 3.63) is 0 Å². The van der Waals surface area contributed by atoms with E-state index in [2.05, 4.69) is 37.0 Å². The van der Waals surface area contributed by atoms with Gasteiger partial charge in [-0.25, -0.2) is 0 Å². The Hall–Kier alpha value is -1.63. The lowest BCUT2D eigenvalue weighted by molar-refractivity contribution is 0.0966. The predicted octanol–water partition coefficient (Wildman–Crippen LogP) is 0.721. The molecular weight excluding hydrogens is 268 g/mol. The number of rotatable bonds is 3. The Morgan fingerprint density at radius 2 is 1.71 bits per heavy atom. The van der Waals surface area contributed by atoms with Crippen LogP contribution in [-0.2, 0) is 0 Å². The highest BCUT2D eigenvalue weighted by Crippen LogP contribution is 2.24. The average molecular weight is 292 g/mol. The summed E-state index contributed by atoms with van der Waals surface area (Å²) in [6.45, 7) is 5.67. The van der Waals surface area contributed by atoms with Crippen molar-refractivity contribution in [2.24, 2.45) is 5.92 Å². The largest absolute Gasteiger partial charge is 0.393 e. The monoisotopic (exact) mass is 292 g/mol. The van der Waals surface area contributed by atoms with Gasteiger partial charge in [0.1, 0.15) is 0 Å². The molecule has 0 aliphatic carbocycles. The van der Waals surface area contributed by atoms with E-state index in [1.807, 2.05) is 7.05 Å². The number of hydrogen-bond donors (Lipinski definition) is 2. The molecule has 0 radical (unpaired) electrons. The van der Waals surface area contributed by atoms with Crippen LogP contribution in [0.25, 0.3) is 0 Å². The van der Waals surface area contributed by atoms with Crippen LogP contribution >= 0.6 is 0 Å². The fraction of sp³-hybridized carbons (Fsp3) is 0.786. The number of nitrogens with zero attached hydrogens (tertiary/aromatic N) is 5. The Bertz CT molecular complexity index is 490. The molecule has 0 amide bonds. The fourth-order valence-corrected chi connectivity index (χ4v) is 2.98. The van der Waals surface area contributed by atoms with E-state index in [4.69, 9.17) is 0 Å². The minimum Gasteiger partial charge on any atom is -0.393 e. The van der Waals surface area contributed by atoms with Crippen molar-refractivity contribution in [3.63, 3.8) is 0 Å². The molecule has 3 rings (SSSR count). The summed E-state index contributed by atoms with van der Waals surface area (Å²) in [4.78, 5) is 18.0. The fourth-order valence-electron chi connectivity index (χ4n) is 2.98. The molecule has 2 atom stereocenters. The molecule has 2 aliphatic rings. The molecule has 3 heterocycles. The summed E-state index contributed by atoms with van der Waals surface area (Å²) < 4.78 is 0. The van der Waals surface area contributed by atoms with Gasteiger partial charge in [-0.15, -0.1) is 0 Å². The summed E-state index contributed by atoms with van der Waals surface area (Å²) in [7, 11) is 1.83. The number of aromatic nitrogens is 3. The molecule has 21 heavy (non-hydrogen) atoms. The lowest BCUT2D eigenvalue weighted by atomic mass is 9.97. The molecule has 1 aromatic rings. The summed E-state index contributed by atoms with van der Waals surface area (Å²) >= 11 is 0. The molecule has 0 bridgehead atoms.